The van der Waals surface area contributed by atoms with Crippen LogP contribution in [0.15, 0.2) is 0 Å². The van der Waals surface area contributed by atoms with Crippen LogP contribution in [0.3, 0.4) is 0 Å². The van der Waals surface area contributed by atoms with Crippen LogP contribution in [0.25, 0.3) is 0 Å². The van der Waals surface area contributed by atoms with Crippen LogP contribution in [0.5, 0.6) is 0 Å². The van der Waals surface area contributed by atoms with Gasteiger partial charge in [-0.2, -0.15) is 0 Å². The lowest BCUT2D eigenvalue weighted by atomic mass is 10.3. The molecule has 0 aromatic heterocycles. The van der Waals surface area contributed by atoms with Crippen molar-refractivity contribution in [2.75, 3.05) is 26.2 Å². The van der Waals surface area contributed by atoms with Gasteiger partial charge in [-0.15, -0.1) is 0 Å². The van der Waals surface area contributed by atoms with Crippen molar-refractivity contribution >= 4 is 5.91 Å². The molecule has 0 aliphatic rings. The summed E-state index contributed by atoms with van der Waals surface area (Å²) in [7, 11) is 0. The molecule has 90 valence electrons. The van der Waals surface area contributed by atoms with Crippen molar-refractivity contribution in [1.29, 1.82) is 0 Å². The lowest BCUT2D eigenvalue weighted by Crippen LogP contribution is -2.35. The Morgan fingerprint density at radius 1 is 1.33 bits per heavy atom. The first-order valence-electron chi connectivity index (χ1n) is 5.72. The molecule has 0 saturated carbocycles. The van der Waals surface area contributed by atoms with Crippen LogP contribution in [-0.4, -0.2) is 48.2 Å². The second-order valence-electron chi connectivity index (χ2n) is 4.04. The van der Waals surface area contributed by atoms with Gasteiger partial charge in [0.2, 0.25) is 5.91 Å². The zero-order chi connectivity index (χ0) is 11.7. The Bertz CT molecular complexity index is 166. The zero-order valence-electron chi connectivity index (χ0n) is 10.1. The number of rotatable bonds is 8. The number of hydrogen-bond acceptors (Lipinski definition) is 3. The maximum absolute atomic E-state index is 11.4. The van der Waals surface area contributed by atoms with E-state index >= 15 is 0 Å². The maximum atomic E-state index is 11.4. The summed E-state index contributed by atoms with van der Waals surface area (Å²) in [5.74, 6) is 0.0871. The minimum atomic E-state index is 0.0871. The largest absolute Gasteiger partial charge is 0.395 e. The van der Waals surface area contributed by atoms with E-state index in [-0.39, 0.29) is 18.6 Å². The van der Waals surface area contributed by atoms with Crippen molar-refractivity contribution in [3.63, 3.8) is 0 Å². The highest BCUT2D eigenvalue weighted by atomic mass is 16.3. The Balaban J connectivity index is 3.72. The van der Waals surface area contributed by atoms with E-state index in [0.29, 0.717) is 13.0 Å². The molecule has 0 aromatic rings. The lowest BCUT2D eigenvalue weighted by molar-refractivity contribution is -0.121. The van der Waals surface area contributed by atoms with Crippen LogP contribution in [0.4, 0.5) is 0 Å². The Kier molecular flexibility index (Phi) is 8.33. The summed E-state index contributed by atoms with van der Waals surface area (Å²) in [5, 5.41) is 11.7. The number of amides is 1. The number of carbonyl (C=O) groups excluding carboxylic acids is 1. The fraction of sp³-hybridized carbons (Fsp3) is 0.909. The van der Waals surface area contributed by atoms with Gasteiger partial charge in [0.25, 0.3) is 0 Å². The van der Waals surface area contributed by atoms with E-state index in [0.717, 1.165) is 19.5 Å². The summed E-state index contributed by atoms with van der Waals surface area (Å²) in [6.45, 7) is 8.49. The SMILES string of the molecule is CCCN(CCO)CCC(=O)NC(C)C. The number of nitrogens with zero attached hydrogens (tertiary/aromatic N) is 1. The molecule has 0 fully saturated rings. The van der Waals surface area contributed by atoms with Crippen LogP contribution in [0.1, 0.15) is 33.6 Å². The van der Waals surface area contributed by atoms with E-state index in [1.54, 1.807) is 0 Å². The smallest absolute Gasteiger partial charge is 0.221 e. The van der Waals surface area contributed by atoms with Gasteiger partial charge in [-0.25, -0.2) is 0 Å². The van der Waals surface area contributed by atoms with Crippen LogP contribution < -0.4 is 5.32 Å². The van der Waals surface area contributed by atoms with Gasteiger partial charge in [0.1, 0.15) is 0 Å². The van der Waals surface area contributed by atoms with E-state index < -0.39 is 0 Å². The molecule has 15 heavy (non-hydrogen) atoms. The van der Waals surface area contributed by atoms with Crippen molar-refractivity contribution in [2.45, 2.75) is 39.7 Å². The fourth-order valence-electron chi connectivity index (χ4n) is 1.45. The van der Waals surface area contributed by atoms with E-state index in [1.165, 1.54) is 0 Å². The molecule has 0 saturated heterocycles. The molecule has 0 aliphatic carbocycles. The first-order valence-corrected chi connectivity index (χ1v) is 5.72. The van der Waals surface area contributed by atoms with Gasteiger partial charge in [-0.3, -0.25) is 4.79 Å². The minimum absolute atomic E-state index is 0.0871. The van der Waals surface area contributed by atoms with E-state index in [9.17, 15) is 4.79 Å². The Morgan fingerprint density at radius 2 is 2.00 bits per heavy atom. The zero-order valence-corrected chi connectivity index (χ0v) is 10.1. The topological polar surface area (TPSA) is 52.6 Å². The van der Waals surface area contributed by atoms with Gasteiger partial charge in [0, 0.05) is 25.6 Å². The summed E-state index contributed by atoms with van der Waals surface area (Å²) < 4.78 is 0. The van der Waals surface area contributed by atoms with Crippen molar-refractivity contribution in [1.82, 2.24) is 10.2 Å². The molecule has 0 bridgehead atoms. The van der Waals surface area contributed by atoms with Crippen LogP contribution >= 0.6 is 0 Å². The summed E-state index contributed by atoms with van der Waals surface area (Å²) >= 11 is 0. The molecule has 0 rings (SSSR count). The van der Waals surface area contributed by atoms with Gasteiger partial charge >= 0.3 is 0 Å². The summed E-state index contributed by atoms with van der Waals surface area (Å²) in [6, 6.07) is 0.204. The molecule has 0 aliphatic heterocycles. The highest BCUT2D eigenvalue weighted by Crippen LogP contribution is 1.94. The molecule has 0 aromatic carbocycles. The molecular formula is C11H24N2O2. The number of carbonyl (C=O) groups is 1. The highest BCUT2D eigenvalue weighted by molar-refractivity contribution is 5.76. The molecule has 0 unspecified atom stereocenters. The molecule has 0 atom stereocenters. The van der Waals surface area contributed by atoms with E-state index in [1.807, 2.05) is 13.8 Å². The molecule has 0 radical (unpaired) electrons. The Morgan fingerprint density at radius 3 is 2.47 bits per heavy atom. The van der Waals surface area contributed by atoms with Crippen molar-refractivity contribution in [3.8, 4) is 0 Å². The third-order valence-corrected chi connectivity index (χ3v) is 2.06. The van der Waals surface area contributed by atoms with E-state index in [2.05, 4.69) is 17.1 Å². The molecule has 0 spiro atoms. The fourth-order valence-corrected chi connectivity index (χ4v) is 1.45. The predicted octanol–water partition coefficient (Wildman–Crippen LogP) is 0.605. The maximum Gasteiger partial charge on any atom is 0.221 e. The Labute approximate surface area is 92.7 Å². The van der Waals surface area contributed by atoms with Crippen molar-refractivity contribution in [2.24, 2.45) is 0 Å². The van der Waals surface area contributed by atoms with Crippen LogP contribution in [0.2, 0.25) is 0 Å². The van der Waals surface area contributed by atoms with Gasteiger partial charge in [0.05, 0.1) is 6.61 Å². The number of aliphatic hydroxyl groups is 1. The Hall–Kier alpha value is -0.610. The van der Waals surface area contributed by atoms with Gasteiger partial charge in [0.15, 0.2) is 0 Å². The molecule has 2 N–H and O–H groups in total. The lowest BCUT2D eigenvalue weighted by Gasteiger charge is -2.20. The third-order valence-electron chi connectivity index (χ3n) is 2.06. The standard InChI is InChI=1S/C11H24N2O2/c1-4-6-13(8-9-14)7-5-11(15)12-10(2)3/h10,14H,4-9H2,1-3H3,(H,12,15). The average Bonchev–Trinajstić information content (AvgIpc) is 2.14. The predicted molar refractivity (Wildman–Crippen MR) is 61.7 cm³/mol. The first kappa shape index (κ1) is 14.4. The normalized spacial score (nSPS) is 11.1. The molecule has 1 amide bonds. The summed E-state index contributed by atoms with van der Waals surface area (Å²) in [5.41, 5.74) is 0. The summed E-state index contributed by atoms with van der Waals surface area (Å²) in [6.07, 6.45) is 1.56. The number of hydrogen-bond donors (Lipinski definition) is 2. The third kappa shape index (κ3) is 8.39. The van der Waals surface area contributed by atoms with Crippen LogP contribution in [0, 0.1) is 0 Å². The average molecular weight is 216 g/mol. The van der Waals surface area contributed by atoms with E-state index in [4.69, 9.17) is 5.11 Å². The number of aliphatic hydroxyl groups excluding tert-OH is 1. The quantitative estimate of drug-likeness (QED) is 0.625. The van der Waals surface area contributed by atoms with Crippen LogP contribution in [-0.2, 0) is 4.79 Å². The number of nitrogens with one attached hydrogen (secondary N) is 1. The monoisotopic (exact) mass is 216 g/mol. The first-order chi connectivity index (χ1) is 7.10. The van der Waals surface area contributed by atoms with Gasteiger partial charge in [-0.1, -0.05) is 6.92 Å². The van der Waals surface area contributed by atoms with Gasteiger partial charge < -0.3 is 15.3 Å². The molecule has 4 heteroatoms. The summed E-state index contributed by atoms with van der Waals surface area (Å²) in [4.78, 5) is 13.5. The molecule has 0 heterocycles. The van der Waals surface area contributed by atoms with Gasteiger partial charge in [-0.05, 0) is 26.8 Å². The minimum Gasteiger partial charge on any atom is -0.395 e. The highest BCUT2D eigenvalue weighted by Gasteiger charge is 2.07. The van der Waals surface area contributed by atoms with Crippen molar-refractivity contribution in [3.05, 3.63) is 0 Å². The second-order valence-corrected chi connectivity index (χ2v) is 4.04. The molecular weight excluding hydrogens is 192 g/mol. The van der Waals surface area contributed by atoms with Crippen molar-refractivity contribution < 1.29 is 9.90 Å². The second kappa shape index (κ2) is 8.68. The molecule has 4 nitrogen and oxygen atoms in total.